The van der Waals surface area contributed by atoms with E-state index >= 15 is 0 Å². The number of allylic oxidation sites excluding steroid dienone is 2. The Morgan fingerprint density at radius 2 is 0.855 bits per heavy atom. The number of hydrogen-bond donors (Lipinski definition) is 0. The van der Waals surface area contributed by atoms with Gasteiger partial charge >= 0.3 is 0 Å². The molecule has 0 amide bonds. The highest BCUT2D eigenvalue weighted by molar-refractivity contribution is 6.84. The summed E-state index contributed by atoms with van der Waals surface area (Å²) in [5.41, 5.74) is 16.1. The molecule has 2 unspecified atom stereocenters. The largest absolute Gasteiger partial charge is 0.462 e. The molecular weight excluding hydrogens is 685 g/mol. The van der Waals surface area contributed by atoms with Gasteiger partial charge in [0.15, 0.2) is 0 Å². The average Bonchev–Trinajstić information content (AvgIpc) is 3.99. The van der Waals surface area contributed by atoms with Crippen molar-refractivity contribution >= 4 is 52.9 Å². The Morgan fingerprint density at radius 1 is 0.436 bits per heavy atom. The molecule has 0 fully saturated rings. The summed E-state index contributed by atoms with van der Waals surface area (Å²) in [6.07, 6.45) is 4.95. The number of fused-ring (bicyclic) bond motifs is 4. The molecule has 55 heavy (non-hydrogen) atoms. The van der Waals surface area contributed by atoms with Crippen molar-refractivity contribution in [3.05, 3.63) is 190 Å². The van der Waals surface area contributed by atoms with Gasteiger partial charge in [0.05, 0.1) is 8.07 Å². The van der Waals surface area contributed by atoms with Crippen molar-refractivity contribution in [3.63, 3.8) is 0 Å². The van der Waals surface area contributed by atoms with E-state index in [9.17, 15) is 0 Å². The second kappa shape index (κ2) is 12.6. The Balaban J connectivity index is 1.22. The number of hydrogen-bond acceptors (Lipinski definition) is 2. The molecule has 0 N–H and O–H groups in total. The van der Waals surface area contributed by atoms with Crippen LogP contribution in [0.1, 0.15) is 67.5 Å². The fourth-order valence-corrected chi connectivity index (χ4v) is 14.6. The van der Waals surface area contributed by atoms with Crippen LogP contribution in [0.15, 0.2) is 142 Å². The summed E-state index contributed by atoms with van der Waals surface area (Å²) in [6, 6.07) is 49.2. The lowest BCUT2D eigenvalue weighted by molar-refractivity contribution is 0.519. The normalized spacial score (nSPS) is 16.4. The smallest absolute Gasteiger partial charge is 0.130 e. The van der Waals surface area contributed by atoms with E-state index in [1.807, 2.05) is 0 Å². The van der Waals surface area contributed by atoms with Crippen LogP contribution < -0.4 is 0 Å². The van der Waals surface area contributed by atoms with Crippen LogP contribution in [0.2, 0.25) is 13.1 Å². The number of furan rings is 2. The van der Waals surface area contributed by atoms with Crippen LogP contribution >= 0.6 is 0 Å². The van der Waals surface area contributed by atoms with Gasteiger partial charge in [-0.15, -0.1) is 0 Å². The van der Waals surface area contributed by atoms with Gasteiger partial charge in [-0.05, 0) is 141 Å². The molecule has 0 aliphatic heterocycles. The number of benzene rings is 6. The van der Waals surface area contributed by atoms with Crippen LogP contribution in [-0.2, 0) is 0 Å². The first-order chi connectivity index (χ1) is 26.7. The third-order valence-electron chi connectivity index (χ3n) is 12.5. The van der Waals surface area contributed by atoms with Gasteiger partial charge in [-0.1, -0.05) is 122 Å². The first kappa shape index (κ1) is 33.6. The van der Waals surface area contributed by atoms with E-state index in [1.54, 1.807) is 0 Å². The van der Waals surface area contributed by atoms with E-state index in [2.05, 4.69) is 186 Å². The molecule has 2 atom stereocenters. The molecular formula is C52H44O2Si. The van der Waals surface area contributed by atoms with Crippen LogP contribution in [0.25, 0.3) is 67.1 Å². The maximum absolute atomic E-state index is 6.57. The molecule has 3 heteroatoms. The number of aryl methyl sites for hydroxylation is 4. The van der Waals surface area contributed by atoms with E-state index in [1.165, 1.54) is 88.3 Å². The van der Waals surface area contributed by atoms with Gasteiger partial charge in [0.1, 0.15) is 23.0 Å². The van der Waals surface area contributed by atoms with E-state index in [-0.39, 0.29) is 11.1 Å². The van der Waals surface area contributed by atoms with Gasteiger partial charge in [-0.25, -0.2) is 0 Å². The third-order valence-corrected chi connectivity index (χ3v) is 16.7. The van der Waals surface area contributed by atoms with Crippen molar-refractivity contribution in [1.82, 2.24) is 0 Å². The van der Waals surface area contributed by atoms with E-state index in [0.717, 1.165) is 23.0 Å². The lowest BCUT2D eigenvalue weighted by Crippen LogP contribution is -2.42. The molecule has 0 spiro atoms. The first-order valence-corrected chi connectivity index (χ1v) is 22.6. The second-order valence-corrected chi connectivity index (χ2v) is 21.1. The van der Waals surface area contributed by atoms with E-state index in [0.29, 0.717) is 0 Å². The molecule has 2 aliphatic rings. The molecule has 0 radical (unpaired) electrons. The molecule has 2 aliphatic carbocycles. The first-order valence-electron chi connectivity index (χ1n) is 19.5. The quantitative estimate of drug-likeness (QED) is 0.159. The van der Waals surface area contributed by atoms with Gasteiger partial charge in [-0.2, -0.15) is 0 Å². The highest BCUT2D eigenvalue weighted by Gasteiger charge is 2.51. The second-order valence-electron chi connectivity index (χ2n) is 16.3. The summed E-state index contributed by atoms with van der Waals surface area (Å²) in [6.45, 7) is 13.9. The molecule has 0 saturated heterocycles. The summed E-state index contributed by atoms with van der Waals surface area (Å²) >= 11 is 0. The summed E-state index contributed by atoms with van der Waals surface area (Å²) in [4.78, 5) is 0. The van der Waals surface area contributed by atoms with Gasteiger partial charge in [0, 0.05) is 22.2 Å². The van der Waals surface area contributed by atoms with Crippen LogP contribution in [0.4, 0.5) is 0 Å². The summed E-state index contributed by atoms with van der Waals surface area (Å²) in [5, 5.41) is 5.08. The van der Waals surface area contributed by atoms with Crippen molar-refractivity contribution in [1.29, 1.82) is 0 Å². The molecule has 0 saturated carbocycles. The van der Waals surface area contributed by atoms with E-state index < -0.39 is 8.07 Å². The molecule has 8 aromatic rings. The number of rotatable bonds is 6. The molecule has 6 aromatic carbocycles. The predicted molar refractivity (Wildman–Crippen MR) is 234 cm³/mol. The predicted octanol–water partition coefficient (Wildman–Crippen LogP) is 14.5. The molecule has 268 valence electrons. The van der Waals surface area contributed by atoms with Crippen molar-refractivity contribution in [2.24, 2.45) is 0 Å². The topological polar surface area (TPSA) is 26.3 Å². The summed E-state index contributed by atoms with van der Waals surface area (Å²) in [7, 11) is -2.46. The minimum absolute atomic E-state index is 0.167. The van der Waals surface area contributed by atoms with Crippen molar-refractivity contribution < 1.29 is 8.83 Å². The van der Waals surface area contributed by atoms with Crippen LogP contribution in [0.5, 0.6) is 0 Å². The SMILES string of the molecule is Cc1ccc(C2=Cc3c(ccc(C)c3-c3cccc4ccccc34)C2[Si](C)(C)C2C(c3ccc(C)o3)=Cc3c2ccc(C)c3-c2cccc3ccccc23)o1. The zero-order valence-electron chi connectivity index (χ0n) is 32.3. The van der Waals surface area contributed by atoms with E-state index in [4.69, 9.17) is 8.83 Å². The Labute approximate surface area is 324 Å². The Bertz CT molecular complexity index is 2700. The highest BCUT2D eigenvalue weighted by atomic mass is 28.3. The highest BCUT2D eigenvalue weighted by Crippen LogP contribution is 2.59. The average molecular weight is 729 g/mol. The molecule has 2 aromatic heterocycles. The Kier molecular flexibility index (Phi) is 7.70. The van der Waals surface area contributed by atoms with Crippen molar-refractivity contribution in [2.75, 3.05) is 0 Å². The maximum atomic E-state index is 6.57. The van der Waals surface area contributed by atoms with Gasteiger partial charge < -0.3 is 8.83 Å². The molecule has 2 nitrogen and oxygen atoms in total. The van der Waals surface area contributed by atoms with Crippen LogP contribution in [0.3, 0.4) is 0 Å². The van der Waals surface area contributed by atoms with Gasteiger partial charge in [0.2, 0.25) is 0 Å². The third kappa shape index (κ3) is 5.21. The fraction of sp³-hybridized carbons (Fsp3) is 0.154. The Hall–Kier alpha value is -5.90. The van der Waals surface area contributed by atoms with Crippen LogP contribution in [-0.4, -0.2) is 8.07 Å². The maximum Gasteiger partial charge on any atom is 0.130 e. The van der Waals surface area contributed by atoms with Gasteiger partial charge in [-0.3, -0.25) is 0 Å². The fourth-order valence-electron chi connectivity index (χ4n) is 10.1. The zero-order chi connectivity index (χ0) is 37.6. The minimum atomic E-state index is -2.46. The summed E-state index contributed by atoms with van der Waals surface area (Å²) in [5.74, 6) is 3.81. The molecule has 2 heterocycles. The van der Waals surface area contributed by atoms with Gasteiger partial charge in [0.25, 0.3) is 0 Å². The zero-order valence-corrected chi connectivity index (χ0v) is 33.3. The summed E-state index contributed by atoms with van der Waals surface area (Å²) < 4.78 is 13.1. The van der Waals surface area contributed by atoms with Crippen LogP contribution in [0, 0.1) is 27.7 Å². The standard InChI is InChI=1S/C52H44O2Si/c1-31-21-25-41-43(49(31)39-19-11-15-35-13-7-9-17-37(35)39)29-45(47-27-23-33(3)53-47)51(41)55(5,6)52-42-26-22-32(2)50(40-20-12-16-36-14-8-10-18-38(36)40)44(42)30-46(52)48-28-24-34(4)54-48/h7-30,51-52H,1-6H3. The Morgan fingerprint density at radius 3 is 1.27 bits per heavy atom. The minimum Gasteiger partial charge on any atom is -0.462 e. The monoisotopic (exact) mass is 728 g/mol. The lowest BCUT2D eigenvalue weighted by Gasteiger charge is -2.39. The lowest BCUT2D eigenvalue weighted by atomic mass is 9.89. The van der Waals surface area contributed by atoms with Crippen molar-refractivity contribution in [2.45, 2.75) is 51.9 Å². The molecule has 10 rings (SSSR count). The molecule has 0 bridgehead atoms. The van der Waals surface area contributed by atoms with Crippen molar-refractivity contribution in [3.8, 4) is 22.3 Å².